The van der Waals surface area contributed by atoms with Crippen LogP contribution in [0.2, 0.25) is 0 Å². The Morgan fingerprint density at radius 1 is 1.04 bits per heavy atom. The van der Waals surface area contributed by atoms with Crippen LogP contribution in [-0.4, -0.2) is 19.2 Å². The molecule has 2 unspecified atom stereocenters. The Hall–Kier alpha value is -1.51. The van der Waals surface area contributed by atoms with E-state index in [1.807, 2.05) is 0 Å². The number of rotatable bonds is 7. The van der Waals surface area contributed by atoms with Crippen LogP contribution in [0.15, 0.2) is 54.6 Å². The van der Waals surface area contributed by atoms with Gasteiger partial charge in [-0.1, -0.05) is 55.8 Å². The van der Waals surface area contributed by atoms with Crippen LogP contribution in [0.5, 0.6) is 5.75 Å². The van der Waals surface area contributed by atoms with Gasteiger partial charge in [-0.3, -0.25) is 0 Å². The largest absolute Gasteiger partial charge is 0.494 e. The first-order chi connectivity index (χ1) is 11.8. The van der Waals surface area contributed by atoms with Crippen molar-refractivity contribution in [3.05, 3.63) is 65.7 Å². The molecule has 0 radical (unpaired) electrons. The maximum Gasteiger partial charge on any atom is 0.119 e. The van der Waals surface area contributed by atoms with Gasteiger partial charge in [0, 0.05) is 6.04 Å². The lowest BCUT2D eigenvalue weighted by molar-refractivity contribution is 0.268. The summed E-state index contributed by atoms with van der Waals surface area (Å²) in [6.07, 6.45) is 6.14. The van der Waals surface area contributed by atoms with Crippen molar-refractivity contribution in [1.82, 2.24) is 5.32 Å². The molecule has 0 bridgehead atoms. The van der Waals surface area contributed by atoms with Crippen LogP contribution in [-0.2, 0) is 6.42 Å². The van der Waals surface area contributed by atoms with Crippen LogP contribution in [0.4, 0.5) is 0 Å². The molecule has 1 heterocycles. The van der Waals surface area contributed by atoms with Crippen molar-refractivity contribution in [2.45, 2.75) is 51.0 Å². The molecule has 0 saturated carbocycles. The summed E-state index contributed by atoms with van der Waals surface area (Å²) in [6.45, 7) is 4.26. The zero-order valence-corrected chi connectivity index (χ0v) is 15.9. The molecule has 0 spiro atoms. The lowest BCUT2D eigenvalue weighted by Gasteiger charge is -2.23. The van der Waals surface area contributed by atoms with E-state index in [1.54, 1.807) is 0 Å². The van der Waals surface area contributed by atoms with E-state index < -0.39 is 0 Å². The molecule has 0 aliphatic carbocycles. The predicted octanol–water partition coefficient (Wildman–Crippen LogP) is 5.37. The minimum atomic E-state index is 0. The van der Waals surface area contributed by atoms with Crippen LogP contribution in [0.1, 0.15) is 49.7 Å². The second-order valence-corrected chi connectivity index (χ2v) is 6.94. The number of halogens is 1. The quantitative estimate of drug-likeness (QED) is 0.717. The average molecular weight is 360 g/mol. The van der Waals surface area contributed by atoms with Crippen molar-refractivity contribution in [3.63, 3.8) is 0 Å². The standard InChI is InChI=1S/C22H29NO.ClH/c1-18(17-19-7-3-2-4-8-19)20-10-12-22(13-11-20)24-16-14-21-9-5-6-15-23-21;/h2-4,7-8,10-13,18,21,23H,5-6,9,14-17H2,1H3;1H. The molecular formula is C22H30ClNO. The van der Waals surface area contributed by atoms with E-state index in [0.717, 1.165) is 25.2 Å². The van der Waals surface area contributed by atoms with Crippen LogP contribution >= 0.6 is 12.4 Å². The molecular weight excluding hydrogens is 330 g/mol. The molecule has 2 atom stereocenters. The van der Waals surface area contributed by atoms with E-state index in [4.69, 9.17) is 4.74 Å². The van der Waals surface area contributed by atoms with Gasteiger partial charge in [-0.15, -0.1) is 12.4 Å². The lowest BCUT2D eigenvalue weighted by atomic mass is 9.94. The smallest absolute Gasteiger partial charge is 0.119 e. The van der Waals surface area contributed by atoms with E-state index in [9.17, 15) is 0 Å². The summed E-state index contributed by atoms with van der Waals surface area (Å²) in [5.41, 5.74) is 2.77. The molecule has 1 aliphatic rings. The zero-order chi connectivity index (χ0) is 16.6. The van der Waals surface area contributed by atoms with Gasteiger partial charge < -0.3 is 10.1 Å². The van der Waals surface area contributed by atoms with Crippen molar-refractivity contribution >= 4 is 12.4 Å². The molecule has 1 aliphatic heterocycles. The molecule has 136 valence electrons. The van der Waals surface area contributed by atoms with Gasteiger partial charge in [-0.2, -0.15) is 0 Å². The predicted molar refractivity (Wildman–Crippen MR) is 108 cm³/mol. The molecule has 2 aromatic rings. The monoisotopic (exact) mass is 359 g/mol. The van der Waals surface area contributed by atoms with Gasteiger partial charge in [0.05, 0.1) is 6.61 Å². The molecule has 1 fully saturated rings. The average Bonchev–Trinajstić information content (AvgIpc) is 2.64. The van der Waals surface area contributed by atoms with Crippen LogP contribution in [0, 0.1) is 0 Å². The normalized spacial score (nSPS) is 18.2. The van der Waals surface area contributed by atoms with Crippen molar-refractivity contribution in [1.29, 1.82) is 0 Å². The summed E-state index contributed by atoms with van der Waals surface area (Å²) in [5.74, 6) is 1.51. The number of ether oxygens (including phenoxy) is 1. The third-order valence-corrected chi connectivity index (χ3v) is 4.98. The van der Waals surface area contributed by atoms with Crippen molar-refractivity contribution < 1.29 is 4.74 Å². The minimum Gasteiger partial charge on any atom is -0.494 e. The van der Waals surface area contributed by atoms with Gasteiger partial charge >= 0.3 is 0 Å². The summed E-state index contributed by atoms with van der Waals surface area (Å²) in [6, 6.07) is 20.0. The summed E-state index contributed by atoms with van der Waals surface area (Å²) >= 11 is 0. The zero-order valence-electron chi connectivity index (χ0n) is 15.1. The number of piperidine rings is 1. The van der Waals surface area contributed by atoms with Gasteiger partial charge in [0.1, 0.15) is 5.75 Å². The van der Waals surface area contributed by atoms with E-state index in [0.29, 0.717) is 12.0 Å². The molecule has 25 heavy (non-hydrogen) atoms. The third-order valence-electron chi connectivity index (χ3n) is 4.98. The third kappa shape index (κ3) is 6.37. The maximum absolute atomic E-state index is 5.92. The van der Waals surface area contributed by atoms with Crippen LogP contribution in [0.25, 0.3) is 0 Å². The first-order valence-electron chi connectivity index (χ1n) is 9.31. The summed E-state index contributed by atoms with van der Waals surface area (Å²) in [7, 11) is 0. The molecule has 0 aromatic heterocycles. The van der Waals surface area contributed by atoms with Gasteiger partial charge in [0.15, 0.2) is 0 Å². The Labute approximate surface area is 158 Å². The number of hydrogen-bond acceptors (Lipinski definition) is 2. The first kappa shape index (κ1) is 19.8. The molecule has 1 N–H and O–H groups in total. The SMILES string of the molecule is CC(Cc1ccccc1)c1ccc(OCCC2CCCCN2)cc1.Cl. The minimum absolute atomic E-state index is 0. The van der Waals surface area contributed by atoms with E-state index in [1.165, 1.54) is 36.9 Å². The van der Waals surface area contributed by atoms with Crippen molar-refractivity contribution in [2.24, 2.45) is 0 Å². The highest BCUT2D eigenvalue weighted by atomic mass is 35.5. The highest BCUT2D eigenvalue weighted by Crippen LogP contribution is 2.23. The second kappa shape index (κ2) is 10.5. The van der Waals surface area contributed by atoms with Crippen LogP contribution in [0.3, 0.4) is 0 Å². The fraction of sp³-hybridized carbons (Fsp3) is 0.455. The highest BCUT2D eigenvalue weighted by molar-refractivity contribution is 5.85. The van der Waals surface area contributed by atoms with Crippen molar-refractivity contribution in [3.8, 4) is 5.75 Å². The molecule has 3 heteroatoms. The van der Waals surface area contributed by atoms with Crippen LogP contribution < -0.4 is 10.1 Å². The topological polar surface area (TPSA) is 21.3 Å². The Morgan fingerprint density at radius 2 is 1.80 bits per heavy atom. The summed E-state index contributed by atoms with van der Waals surface area (Å²) in [4.78, 5) is 0. The fourth-order valence-corrected chi connectivity index (χ4v) is 3.47. The van der Waals surface area contributed by atoms with Gasteiger partial charge in [0.25, 0.3) is 0 Å². The van der Waals surface area contributed by atoms with Crippen molar-refractivity contribution in [2.75, 3.05) is 13.2 Å². The molecule has 2 aromatic carbocycles. The Bertz CT molecular complexity index is 593. The molecule has 0 amide bonds. The summed E-state index contributed by atoms with van der Waals surface area (Å²) in [5, 5.41) is 3.57. The van der Waals surface area contributed by atoms with Gasteiger partial charge in [-0.25, -0.2) is 0 Å². The number of benzene rings is 2. The maximum atomic E-state index is 5.92. The van der Waals surface area contributed by atoms with Gasteiger partial charge in [0.2, 0.25) is 0 Å². The molecule has 1 saturated heterocycles. The number of nitrogens with one attached hydrogen (secondary N) is 1. The summed E-state index contributed by atoms with van der Waals surface area (Å²) < 4.78 is 5.92. The lowest BCUT2D eigenvalue weighted by Crippen LogP contribution is -2.35. The molecule has 3 rings (SSSR count). The fourth-order valence-electron chi connectivity index (χ4n) is 3.47. The number of hydrogen-bond donors (Lipinski definition) is 1. The Morgan fingerprint density at radius 3 is 2.48 bits per heavy atom. The Kier molecular flexibility index (Phi) is 8.30. The van der Waals surface area contributed by atoms with E-state index in [2.05, 4.69) is 66.8 Å². The van der Waals surface area contributed by atoms with E-state index in [-0.39, 0.29) is 12.4 Å². The second-order valence-electron chi connectivity index (χ2n) is 6.94. The van der Waals surface area contributed by atoms with E-state index >= 15 is 0 Å². The van der Waals surface area contributed by atoms with Gasteiger partial charge in [-0.05, 0) is 61.4 Å². The first-order valence-corrected chi connectivity index (χ1v) is 9.31. The molecule has 2 nitrogen and oxygen atoms in total. The Balaban J connectivity index is 0.00000225. The highest BCUT2D eigenvalue weighted by Gasteiger charge is 2.12.